The third kappa shape index (κ3) is 5.53. The van der Waals surface area contributed by atoms with Gasteiger partial charge in [-0.1, -0.05) is 51.8 Å². The predicted molar refractivity (Wildman–Crippen MR) is 112 cm³/mol. The Hall–Kier alpha value is -1.95. The minimum atomic E-state index is -0.394. The van der Waals surface area contributed by atoms with Crippen LogP contribution in [0.1, 0.15) is 16.7 Å². The fraction of sp³-hybridized carbons (Fsp3) is 0.182. The lowest BCUT2D eigenvalue weighted by molar-refractivity contribution is 0.296. The van der Waals surface area contributed by atoms with E-state index < -0.39 is 5.82 Å². The minimum Gasteiger partial charge on any atom is -0.488 e. The van der Waals surface area contributed by atoms with E-state index in [1.807, 2.05) is 24.3 Å². The fourth-order valence-electron chi connectivity index (χ4n) is 2.79. The highest BCUT2D eigenvalue weighted by Crippen LogP contribution is 2.26. The molecular weight excluding hydrogens is 448 g/mol. The topological polar surface area (TPSA) is 21.3 Å². The number of rotatable bonds is 8. The molecule has 0 unspecified atom stereocenters. The molecule has 0 atom stereocenters. The summed E-state index contributed by atoms with van der Waals surface area (Å²) in [5.41, 5.74) is 1.91. The Morgan fingerprint density at radius 3 is 2.50 bits per heavy atom. The van der Waals surface area contributed by atoms with Gasteiger partial charge in [0.1, 0.15) is 24.0 Å². The van der Waals surface area contributed by atoms with E-state index in [9.17, 15) is 8.78 Å². The summed E-state index contributed by atoms with van der Waals surface area (Å²) in [6.07, 6.45) is 0.585. The number of hydrogen-bond acceptors (Lipinski definition) is 2. The van der Waals surface area contributed by atoms with E-state index in [4.69, 9.17) is 16.3 Å². The van der Waals surface area contributed by atoms with Crippen LogP contribution in [0.2, 0.25) is 5.02 Å². The minimum absolute atomic E-state index is 0.0371. The van der Waals surface area contributed by atoms with Crippen molar-refractivity contribution < 1.29 is 13.5 Å². The maximum Gasteiger partial charge on any atom is 0.131 e. The molecule has 0 amide bonds. The molecule has 0 aromatic heterocycles. The maximum atomic E-state index is 13.9. The van der Waals surface area contributed by atoms with E-state index >= 15 is 0 Å². The molecule has 3 aromatic carbocycles. The number of halogens is 4. The molecule has 146 valence electrons. The van der Waals surface area contributed by atoms with Crippen molar-refractivity contribution in [3.63, 3.8) is 0 Å². The Morgan fingerprint density at radius 2 is 1.71 bits per heavy atom. The summed E-state index contributed by atoms with van der Waals surface area (Å²) in [4.78, 5) is 0. The molecule has 1 N–H and O–H groups in total. The predicted octanol–water partition coefficient (Wildman–Crippen LogP) is 6.29. The molecule has 0 radical (unpaired) electrons. The van der Waals surface area contributed by atoms with Crippen LogP contribution in [0.25, 0.3) is 0 Å². The fourth-order valence-corrected chi connectivity index (χ4v) is 3.42. The first-order valence-electron chi connectivity index (χ1n) is 8.83. The van der Waals surface area contributed by atoms with Gasteiger partial charge in [-0.3, -0.25) is 0 Å². The van der Waals surface area contributed by atoms with Crippen molar-refractivity contribution in [2.75, 3.05) is 6.54 Å². The Bertz CT molecular complexity index is 931. The van der Waals surface area contributed by atoms with Crippen molar-refractivity contribution in [1.29, 1.82) is 0 Å². The van der Waals surface area contributed by atoms with Crippen LogP contribution in [0, 0.1) is 11.6 Å². The summed E-state index contributed by atoms with van der Waals surface area (Å²) in [5, 5.41) is 3.63. The van der Waals surface area contributed by atoms with Crippen LogP contribution >= 0.6 is 27.5 Å². The van der Waals surface area contributed by atoms with Crippen molar-refractivity contribution in [2.45, 2.75) is 19.6 Å². The van der Waals surface area contributed by atoms with Crippen molar-refractivity contribution in [1.82, 2.24) is 5.32 Å². The first kappa shape index (κ1) is 20.8. The van der Waals surface area contributed by atoms with Gasteiger partial charge in [-0.25, -0.2) is 8.78 Å². The van der Waals surface area contributed by atoms with Gasteiger partial charge in [0.05, 0.1) is 5.02 Å². The molecule has 0 aliphatic rings. The molecule has 0 saturated heterocycles. The normalized spacial score (nSPS) is 10.9. The van der Waals surface area contributed by atoms with Crippen LogP contribution in [-0.4, -0.2) is 6.54 Å². The molecular formula is C22H19BrClF2NO. The molecule has 0 saturated carbocycles. The van der Waals surface area contributed by atoms with E-state index in [1.165, 1.54) is 12.1 Å². The van der Waals surface area contributed by atoms with Gasteiger partial charge < -0.3 is 10.1 Å². The third-order valence-electron chi connectivity index (χ3n) is 4.30. The van der Waals surface area contributed by atoms with Gasteiger partial charge in [0.25, 0.3) is 0 Å². The maximum absolute atomic E-state index is 13.9. The van der Waals surface area contributed by atoms with Crippen LogP contribution in [-0.2, 0) is 19.6 Å². The molecule has 0 bridgehead atoms. The summed E-state index contributed by atoms with van der Waals surface area (Å²) in [6.45, 7) is 1.19. The number of benzene rings is 3. The van der Waals surface area contributed by atoms with E-state index in [0.717, 1.165) is 10.0 Å². The molecule has 0 heterocycles. The lowest BCUT2D eigenvalue weighted by Crippen LogP contribution is -2.18. The van der Waals surface area contributed by atoms with Crippen LogP contribution in [0.3, 0.4) is 0 Å². The lowest BCUT2D eigenvalue weighted by atomic mass is 10.1. The quantitative estimate of drug-likeness (QED) is 0.394. The van der Waals surface area contributed by atoms with Gasteiger partial charge in [0.2, 0.25) is 0 Å². The summed E-state index contributed by atoms with van der Waals surface area (Å²) in [6, 6.07) is 16.9. The molecule has 28 heavy (non-hydrogen) atoms. The second-order valence-electron chi connectivity index (χ2n) is 6.26. The average Bonchev–Trinajstić information content (AvgIpc) is 2.67. The lowest BCUT2D eigenvalue weighted by Gasteiger charge is -2.14. The number of nitrogens with one attached hydrogen (secondary N) is 1. The monoisotopic (exact) mass is 465 g/mol. The number of hydrogen-bond donors (Lipinski definition) is 1. The van der Waals surface area contributed by atoms with E-state index in [-0.39, 0.29) is 12.4 Å². The summed E-state index contributed by atoms with van der Waals surface area (Å²) < 4.78 is 34.4. The largest absolute Gasteiger partial charge is 0.488 e. The van der Waals surface area contributed by atoms with Crippen LogP contribution < -0.4 is 10.1 Å². The molecule has 3 aromatic rings. The first-order valence-corrected chi connectivity index (χ1v) is 10.00. The Balaban J connectivity index is 1.61. The Morgan fingerprint density at radius 1 is 0.929 bits per heavy atom. The van der Waals surface area contributed by atoms with Crippen molar-refractivity contribution in [3.8, 4) is 5.75 Å². The molecule has 0 spiro atoms. The Labute approximate surface area is 176 Å². The van der Waals surface area contributed by atoms with Crippen molar-refractivity contribution in [2.24, 2.45) is 0 Å². The second kappa shape index (κ2) is 10.0. The molecule has 2 nitrogen and oxygen atoms in total. The van der Waals surface area contributed by atoms with Crippen LogP contribution in [0.5, 0.6) is 5.75 Å². The van der Waals surface area contributed by atoms with Crippen molar-refractivity contribution in [3.05, 3.63) is 98.5 Å². The highest BCUT2D eigenvalue weighted by Gasteiger charge is 2.10. The molecule has 0 aliphatic heterocycles. The van der Waals surface area contributed by atoms with Crippen molar-refractivity contribution >= 4 is 27.5 Å². The van der Waals surface area contributed by atoms with Crippen LogP contribution in [0.15, 0.2) is 65.1 Å². The average molecular weight is 467 g/mol. The summed E-state index contributed by atoms with van der Waals surface area (Å²) >= 11 is 9.52. The van der Waals surface area contributed by atoms with E-state index in [1.54, 1.807) is 24.3 Å². The van der Waals surface area contributed by atoms with Gasteiger partial charge in [-0.05, 0) is 54.9 Å². The zero-order chi connectivity index (χ0) is 19.9. The molecule has 0 aliphatic carbocycles. The molecule has 6 heteroatoms. The smallest absolute Gasteiger partial charge is 0.131 e. The first-order chi connectivity index (χ1) is 13.5. The van der Waals surface area contributed by atoms with Gasteiger partial charge in [0.15, 0.2) is 0 Å². The highest BCUT2D eigenvalue weighted by atomic mass is 79.9. The SMILES string of the molecule is Fc1ccccc1CCNCc1cc(Br)ccc1OCc1c(F)cccc1Cl. The second-order valence-corrected chi connectivity index (χ2v) is 7.58. The van der Waals surface area contributed by atoms with E-state index in [0.29, 0.717) is 41.4 Å². The summed E-state index contributed by atoms with van der Waals surface area (Å²) in [5.74, 6) is 0.0487. The van der Waals surface area contributed by atoms with Gasteiger partial charge in [-0.15, -0.1) is 0 Å². The highest BCUT2D eigenvalue weighted by molar-refractivity contribution is 9.10. The third-order valence-corrected chi connectivity index (χ3v) is 5.15. The Kier molecular flexibility index (Phi) is 7.43. The van der Waals surface area contributed by atoms with Crippen LogP contribution in [0.4, 0.5) is 8.78 Å². The standard InChI is InChI=1S/C22H19BrClF2NO/c23-17-8-9-22(28-14-18-19(24)5-3-7-21(18)26)16(12-17)13-27-11-10-15-4-1-2-6-20(15)25/h1-9,12,27H,10-11,13-14H2. The van der Waals surface area contributed by atoms with Gasteiger partial charge in [0, 0.05) is 22.1 Å². The van der Waals surface area contributed by atoms with Gasteiger partial charge >= 0.3 is 0 Å². The molecule has 0 fully saturated rings. The summed E-state index contributed by atoms with van der Waals surface area (Å²) in [7, 11) is 0. The number of ether oxygens (including phenoxy) is 1. The zero-order valence-electron chi connectivity index (χ0n) is 15.0. The zero-order valence-corrected chi connectivity index (χ0v) is 17.4. The van der Waals surface area contributed by atoms with E-state index in [2.05, 4.69) is 21.2 Å². The molecule has 3 rings (SSSR count). The van der Waals surface area contributed by atoms with Gasteiger partial charge in [-0.2, -0.15) is 0 Å².